The van der Waals surface area contributed by atoms with E-state index in [2.05, 4.69) is 9.97 Å². The Labute approximate surface area is 145 Å². The topological polar surface area (TPSA) is 91.5 Å². The van der Waals surface area contributed by atoms with Crippen LogP contribution in [0.1, 0.15) is 5.56 Å². The fraction of sp³-hybridized carbons (Fsp3) is 0.176. The summed E-state index contributed by atoms with van der Waals surface area (Å²) in [6.07, 6.45) is 4.51. The first-order valence-corrected chi connectivity index (χ1v) is 8.90. The van der Waals surface area contributed by atoms with E-state index >= 15 is 0 Å². The van der Waals surface area contributed by atoms with Gasteiger partial charge in [-0.3, -0.25) is 4.18 Å². The zero-order chi connectivity index (χ0) is 17.7. The molecule has 3 aromatic rings. The minimum absolute atomic E-state index is 0.0501. The van der Waals surface area contributed by atoms with Gasteiger partial charge in [-0.1, -0.05) is 17.7 Å². The van der Waals surface area contributed by atoms with Crippen molar-refractivity contribution in [2.45, 2.75) is 11.8 Å². The number of nitrogens with zero attached hydrogens (tertiary/aromatic N) is 2. The van der Waals surface area contributed by atoms with Crippen molar-refractivity contribution in [1.82, 2.24) is 9.97 Å². The molecule has 0 fully saturated rings. The second kappa shape index (κ2) is 7.45. The number of furan rings is 1. The van der Waals surface area contributed by atoms with Crippen LogP contribution in [-0.4, -0.2) is 31.6 Å². The molecule has 25 heavy (non-hydrogen) atoms. The van der Waals surface area contributed by atoms with Gasteiger partial charge in [0.2, 0.25) is 0 Å². The molecule has 0 saturated heterocycles. The van der Waals surface area contributed by atoms with Crippen LogP contribution in [0.2, 0.25) is 0 Å². The zero-order valence-electron chi connectivity index (χ0n) is 13.5. The second-order valence-corrected chi connectivity index (χ2v) is 6.77. The molecule has 0 unspecified atom stereocenters. The van der Waals surface area contributed by atoms with Crippen LogP contribution in [-0.2, 0) is 14.3 Å². The number of hydrogen-bond acceptors (Lipinski definition) is 7. The highest BCUT2D eigenvalue weighted by molar-refractivity contribution is 7.86. The van der Waals surface area contributed by atoms with Gasteiger partial charge in [0.05, 0.1) is 23.6 Å². The van der Waals surface area contributed by atoms with Gasteiger partial charge >= 0.3 is 0 Å². The maximum Gasteiger partial charge on any atom is 0.297 e. The van der Waals surface area contributed by atoms with Gasteiger partial charge in [-0.05, 0) is 31.2 Å². The van der Waals surface area contributed by atoms with Crippen molar-refractivity contribution in [3.8, 4) is 17.3 Å². The Morgan fingerprint density at radius 1 is 1.04 bits per heavy atom. The molecular weight excluding hydrogens is 344 g/mol. The third-order valence-corrected chi connectivity index (χ3v) is 4.60. The minimum atomic E-state index is -3.79. The molecule has 0 bridgehead atoms. The van der Waals surface area contributed by atoms with Crippen LogP contribution >= 0.6 is 0 Å². The van der Waals surface area contributed by atoms with Crippen molar-refractivity contribution >= 4 is 10.1 Å². The number of aromatic nitrogens is 2. The number of ether oxygens (including phenoxy) is 1. The van der Waals surface area contributed by atoms with Crippen LogP contribution in [0.3, 0.4) is 0 Å². The predicted molar refractivity (Wildman–Crippen MR) is 89.5 cm³/mol. The molecule has 3 rings (SSSR count). The average Bonchev–Trinajstić information content (AvgIpc) is 3.14. The van der Waals surface area contributed by atoms with Gasteiger partial charge in [-0.15, -0.1) is 0 Å². The SMILES string of the molecule is Cc1ccc(S(=O)(=O)OCCOc2cnc(-c3ccco3)nc2)cc1. The summed E-state index contributed by atoms with van der Waals surface area (Å²) in [5, 5.41) is 0. The number of benzene rings is 1. The molecule has 0 N–H and O–H groups in total. The summed E-state index contributed by atoms with van der Waals surface area (Å²) in [7, 11) is -3.79. The Balaban J connectivity index is 1.50. The minimum Gasteiger partial charge on any atom is -0.488 e. The lowest BCUT2D eigenvalue weighted by Gasteiger charge is -2.07. The Kier molecular flexibility index (Phi) is 5.11. The fourth-order valence-corrected chi connectivity index (χ4v) is 2.89. The molecule has 7 nitrogen and oxygen atoms in total. The van der Waals surface area contributed by atoms with Crippen LogP contribution in [0.4, 0.5) is 0 Å². The van der Waals surface area contributed by atoms with Gasteiger partial charge in [0.25, 0.3) is 10.1 Å². The van der Waals surface area contributed by atoms with E-state index in [1.807, 2.05) is 6.92 Å². The van der Waals surface area contributed by atoms with E-state index in [4.69, 9.17) is 13.3 Å². The van der Waals surface area contributed by atoms with Gasteiger partial charge in [0, 0.05) is 0 Å². The molecule has 0 spiro atoms. The van der Waals surface area contributed by atoms with E-state index in [-0.39, 0.29) is 18.1 Å². The van der Waals surface area contributed by atoms with Gasteiger partial charge in [-0.2, -0.15) is 8.42 Å². The third kappa shape index (κ3) is 4.43. The molecule has 0 aliphatic carbocycles. The van der Waals surface area contributed by atoms with E-state index in [1.54, 1.807) is 24.3 Å². The van der Waals surface area contributed by atoms with Gasteiger partial charge in [0.1, 0.15) is 13.2 Å². The highest BCUT2D eigenvalue weighted by Crippen LogP contribution is 2.17. The first-order valence-electron chi connectivity index (χ1n) is 7.49. The normalized spacial score (nSPS) is 11.4. The summed E-state index contributed by atoms with van der Waals surface area (Å²) in [6, 6.07) is 9.93. The molecule has 0 saturated carbocycles. The maximum atomic E-state index is 12.0. The summed E-state index contributed by atoms with van der Waals surface area (Å²) in [4.78, 5) is 8.35. The first-order chi connectivity index (χ1) is 12.0. The number of hydrogen-bond donors (Lipinski definition) is 0. The van der Waals surface area contributed by atoms with Crippen LogP contribution in [0.15, 0.2) is 64.4 Å². The lowest BCUT2D eigenvalue weighted by molar-refractivity contribution is 0.220. The molecular formula is C17H16N2O5S. The van der Waals surface area contributed by atoms with Crippen LogP contribution in [0.25, 0.3) is 11.6 Å². The van der Waals surface area contributed by atoms with Crippen molar-refractivity contribution < 1.29 is 21.8 Å². The summed E-state index contributed by atoms with van der Waals surface area (Å²) >= 11 is 0. The molecule has 2 aromatic heterocycles. The summed E-state index contributed by atoms with van der Waals surface area (Å²) in [5.74, 6) is 1.40. The molecule has 0 amide bonds. The number of aryl methyl sites for hydroxylation is 1. The van der Waals surface area contributed by atoms with E-state index < -0.39 is 10.1 Å². The first kappa shape index (κ1) is 17.1. The Morgan fingerprint density at radius 3 is 2.40 bits per heavy atom. The smallest absolute Gasteiger partial charge is 0.297 e. The van der Waals surface area contributed by atoms with Gasteiger partial charge < -0.3 is 9.15 Å². The summed E-state index contributed by atoms with van der Waals surface area (Å²) in [6.45, 7) is 1.81. The molecule has 130 valence electrons. The molecule has 0 aliphatic heterocycles. The van der Waals surface area contributed by atoms with Crippen molar-refractivity contribution in [3.05, 3.63) is 60.6 Å². The molecule has 1 aromatic carbocycles. The van der Waals surface area contributed by atoms with Crippen molar-refractivity contribution in [3.63, 3.8) is 0 Å². The Bertz CT molecular complexity index is 905. The van der Waals surface area contributed by atoms with Crippen molar-refractivity contribution in [1.29, 1.82) is 0 Å². The molecule has 0 aliphatic rings. The van der Waals surface area contributed by atoms with Crippen molar-refractivity contribution in [2.75, 3.05) is 13.2 Å². The Hall–Kier alpha value is -2.71. The van der Waals surface area contributed by atoms with Gasteiger partial charge in [-0.25, -0.2) is 9.97 Å². The third-order valence-electron chi connectivity index (χ3n) is 3.27. The lowest BCUT2D eigenvalue weighted by Crippen LogP contribution is -2.13. The highest BCUT2D eigenvalue weighted by Gasteiger charge is 2.14. The summed E-state index contributed by atoms with van der Waals surface area (Å²) < 4.78 is 39.6. The van der Waals surface area contributed by atoms with E-state index in [1.165, 1.54) is 30.8 Å². The van der Waals surface area contributed by atoms with Crippen LogP contribution in [0, 0.1) is 6.92 Å². The molecule has 0 atom stereocenters. The fourth-order valence-electron chi connectivity index (χ4n) is 2.00. The molecule has 8 heteroatoms. The highest BCUT2D eigenvalue weighted by atomic mass is 32.2. The van der Waals surface area contributed by atoms with Gasteiger partial charge in [0.15, 0.2) is 17.3 Å². The lowest BCUT2D eigenvalue weighted by atomic mass is 10.2. The summed E-state index contributed by atoms with van der Waals surface area (Å²) in [5.41, 5.74) is 0.972. The maximum absolute atomic E-state index is 12.0. The van der Waals surface area contributed by atoms with E-state index in [0.717, 1.165) is 5.56 Å². The van der Waals surface area contributed by atoms with Crippen molar-refractivity contribution in [2.24, 2.45) is 0 Å². The number of rotatable bonds is 7. The second-order valence-electron chi connectivity index (χ2n) is 5.16. The largest absolute Gasteiger partial charge is 0.488 e. The Morgan fingerprint density at radius 2 is 1.76 bits per heavy atom. The quantitative estimate of drug-likeness (QED) is 0.472. The molecule has 0 radical (unpaired) electrons. The van der Waals surface area contributed by atoms with E-state index in [9.17, 15) is 8.42 Å². The standard InChI is InChI=1S/C17H16N2O5S/c1-13-4-6-15(7-5-13)25(20,21)24-10-9-22-14-11-18-17(19-12-14)16-3-2-8-23-16/h2-8,11-12H,9-10H2,1H3. The van der Waals surface area contributed by atoms with E-state index in [0.29, 0.717) is 17.3 Å². The van der Waals surface area contributed by atoms with Crippen LogP contribution in [0.5, 0.6) is 5.75 Å². The monoisotopic (exact) mass is 360 g/mol. The molecule has 2 heterocycles. The average molecular weight is 360 g/mol. The van der Waals surface area contributed by atoms with Crippen LogP contribution < -0.4 is 4.74 Å². The zero-order valence-corrected chi connectivity index (χ0v) is 14.3. The predicted octanol–water partition coefficient (Wildman–Crippen LogP) is 2.83.